The van der Waals surface area contributed by atoms with E-state index < -0.39 is 16.9 Å². The van der Waals surface area contributed by atoms with E-state index in [-0.39, 0.29) is 11.8 Å². The summed E-state index contributed by atoms with van der Waals surface area (Å²) in [5.74, 6) is -1.04. The summed E-state index contributed by atoms with van der Waals surface area (Å²) < 4.78 is 0. The molecule has 5 heteroatoms. The van der Waals surface area contributed by atoms with Gasteiger partial charge in [-0.1, -0.05) is 19.3 Å². The van der Waals surface area contributed by atoms with Crippen molar-refractivity contribution in [2.45, 2.75) is 57.4 Å². The molecule has 0 spiro atoms. The lowest BCUT2D eigenvalue weighted by Gasteiger charge is -2.38. The fraction of sp³-hybridized carbons (Fsp3) is 0.857. The van der Waals surface area contributed by atoms with Crippen LogP contribution in [0.4, 0.5) is 0 Å². The molecule has 0 aromatic rings. The molecule has 19 heavy (non-hydrogen) atoms. The van der Waals surface area contributed by atoms with E-state index in [2.05, 4.69) is 5.32 Å². The van der Waals surface area contributed by atoms with Crippen LogP contribution in [0.5, 0.6) is 0 Å². The van der Waals surface area contributed by atoms with Crippen LogP contribution in [0.15, 0.2) is 0 Å². The number of carbonyl (C=O) groups is 2. The lowest BCUT2D eigenvalue weighted by Crippen LogP contribution is -2.59. The minimum Gasteiger partial charge on any atom is -0.480 e. The Morgan fingerprint density at radius 3 is 2.32 bits per heavy atom. The van der Waals surface area contributed by atoms with Crippen molar-refractivity contribution in [3.8, 4) is 0 Å². The van der Waals surface area contributed by atoms with E-state index >= 15 is 0 Å². The predicted molar refractivity (Wildman–Crippen MR) is 71.5 cm³/mol. The van der Waals surface area contributed by atoms with Gasteiger partial charge in [0.2, 0.25) is 5.91 Å². The molecular weight excluding hydrogens is 244 g/mol. The third-order valence-electron chi connectivity index (χ3n) is 4.89. The minimum atomic E-state index is -1.13. The van der Waals surface area contributed by atoms with Crippen molar-refractivity contribution in [3.05, 3.63) is 0 Å². The Kier molecular flexibility index (Phi) is 3.85. The lowest BCUT2D eigenvalue weighted by atomic mass is 9.73. The molecule has 0 aliphatic heterocycles. The van der Waals surface area contributed by atoms with Crippen LogP contribution >= 0.6 is 0 Å². The van der Waals surface area contributed by atoms with Crippen molar-refractivity contribution in [2.24, 2.45) is 17.1 Å². The number of hydrogen-bond acceptors (Lipinski definition) is 3. The van der Waals surface area contributed by atoms with E-state index in [0.717, 1.165) is 44.9 Å². The predicted octanol–water partition coefficient (Wildman–Crippen LogP) is 1.27. The van der Waals surface area contributed by atoms with Gasteiger partial charge in [-0.2, -0.15) is 0 Å². The summed E-state index contributed by atoms with van der Waals surface area (Å²) in [5, 5.41) is 12.2. The Morgan fingerprint density at radius 1 is 1.32 bits per heavy atom. The monoisotopic (exact) mass is 268 g/mol. The number of hydrogen-bond donors (Lipinski definition) is 3. The van der Waals surface area contributed by atoms with Crippen molar-refractivity contribution in [3.63, 3.8) is 0 Å². The zero-order chi connectivity index (χ0) is 14.1. The summed E-state index contributed by atoms with van der Waals surface area (Å²) >= 11 is 0. The first-order valence-electron chi connectivity index (χ1n) is 7.21. The average molecular weight is 268 g/mol. The van der Waals surface area contributed by atoms with Crippen LogP contribution in [0.1, 0.15) is 51.9 Å². The second-order valence-corrected chi connectivity index (χ2v) is 6.28. The van der Waals surface area contributed by atoms with E-state index in [4.69, 9.17) is 5.73 Å². The Morgan fingerprint density at radius 2 is 1.89 bits per heavy atom. The van der Waals surface area contributed by atoms with Crippen LogP contribution in [-0.4, -0.2) is 29.1 Å². The van der Waals surface area contributed by atoms with Crippen LogP contribution in [0.2, 0.25) is 0 Å². The SMILES string of the molecule is CC(NC(=O)C1(CN)CCCCC1)(C(=O)O)C1CC1. The van der Waals surface area contributed by atoms with Crippen LogP contribution in [0, 0.1) is 11.3 Å². The van der Waals surface area contributed by atoms with Gasteiger partial charge in [0.05, 0.1) is 5.41 Å². The number of nitrogens with two attached hydrogens (primary N) is 1. The zero-order valence-corrected chi connectivity index (χ0v) is 11.6. The van der Waals surface area contributed by atoms with E-state index in [0.29, 0.717) is 6.54 Å². The van der Waals surface area contributed by atoms with Crippen LogP contribution < -0.4 is 11.1 Å². The summed E-state index contributed by atoms with van der Waals surface area (Å²) in [6.45, 7) is 1.93. The van der Waals surface area contributed by atoms with Crippen LogP contribution in [0.3, 0.4) is 0 Å². The van der Waals surface area contributed by atoms with Gasteiger partial charge >= 0.3 is 5.97 Å². The fourth-order valence-corrected chi connectivity index (χ4v) is 3.11. The number of carbonyl (C=O) groups excluding carboxylic acids is 1. The standard InChI is InChI=1S/C14H24N2O3/c1-13(12(18)19,10-5-6-10)16-11(17)14(9-15)7-3-2-4-8-14/h10H,2-9,15H2,1H3,(H,16,17)(H,18,19). The Bertz CT molecular complexity index is 373. The van der Waals surface area contributed by atoms with Crippen LogP contribution in [0.25, 0.3) is 0 Å². The molecule has 2 aliphatic carbocycles. The Balaban J connectivity index is 2.12. The van der Waals surface area contributed by atoms with Gasteiger partial charge < -0.3 is 16.2 Å². The Hall–Kier alpha value is -1.10. The van der Waals surface area contributed by atoms with E-state index in [1.54, 1.807) is 6.92 Å². The molecule has 4 N–H and O–H groups in total. The molecule has 1 unspecified atom stereocenters. The highest BCUT2D eigenvalue weighted by atomic mass is 16.4. The quantitative estimate of drug-likeness (QED) is 0.700. The highest BCUT2D eigenvalue weighted by molar-refractivity contribution is 5.90. The van der Waals surface area contributed by atoms with Gasteiger partial charge in [-0.25, -0.2) is 4.79 Å². The van der Waals surface area contributed by atoms with Gasteiger partial charge in [0, 0.05) is 6.54 Å². The van der Waals surface area contributed by atoms with E-state index in [1.807, 2.05) is 0 Å². The molecule has 2 rings (SSSR count). The third kappa shape index (κ3) is 2.61. The highest BCUT2D eigenvalue weighted by Gasteiger charge is 2.51. The number of carboxylic acids is 1. The summed E-state index contributed by atoms with van der Waals surface area (Å²) in [4.78, 5) is 24.0. The normalized spacial score (nSPS) is 25.4. The summed E-state index contributed by atoms with van der Waals surface area (Å²) in [5.41, 5.74) is 4.14. The second kappa shape index (κ2) is 5.12. The van der Waals surface area contributed by atoms with E-state index in [1.165, 1.54) is 0 Å². The molecule has 1 atom stereocenters. The first-order chi connectivity index (χ1) is 8.94. The maximum absolute atomic E-state index is 12.5. The fourth-order valence-electron chi connectivity index (χ4n) is 3.11. The molecule has 108 valence electrons. The van der Waals surface area contributed by atoms with Gasteiger partial charge in [0.1, 0.15) is 5.54 Å². The van der Waals surface area contributed by atoms with Crippen molar-refractivity contribution in [1.29, 1.82) is 0 Å². The second-order valence-electron chi connectivity index (χ2n) is 6.28. The van der Waals surface area contributed by atoms with Gasteiger partial charge in [-0.05, 0) is 38.5 Å². The van der Waals surface area contributed by atoms with Crippen LogP contribution in [-0.2, 0) is 9.59 Å². The maximum Gasteiger partial charge on any atom is 0.329 e. The molecule has 0 heterocycles. The highest BCUT2D eigenvalue weighted by Crippen LogP contribution is 2.42. The molecule has 2 aliphatic rings. The summed E-state index contributed by atoms with van der Waals surface area (Å²) in [6, 6.07) is 0. The van der Waals surface area contributed by atoms with Gasteiger partial charge in [-0.3, -0.25) is 4.79 Å². The molecule has 1 amide bonds. The molecular formula is C14H24N2O3. The number of carboxylic acid groups (broad SMARTS) is 1. The molecule has 0 aromatic heterocycles. The largest absolute Gasteiger partial charge is 0.480 e. The van der Waals surface area contributed by atoms with Gasteiger partial charge in [0.15, 0.2) is 0 Å². The zero-order valence-electron chi connectivity index (χ0n) is 11.6. The smallest absolute Gasteiger partial charge is 0.329 e. The van der Waals surface area contributed by atoms with Crippen molar-refractivity contribution in [1.82, 2.24) is 5.32 Å². The maximum atomic E-state index is 12.5. The lowest BCUT2D eigenvalue weighted by molar-refractivity contribution is -0.150. The molecule has 0 bridgehead atoms. The molecule has 0 saturated heterocycles. The number of amides is 1. The summed E-state index contributed by atoms with van der Waals surface area (Å²) in [6.07, 6.45) is 6.42. The van der Waals surface area contributed by atoms with E-state index in [9.17, 15) is 14.7 Å². The Labute approximate surface area is 113 Å². The molecule has 5 nitrogen and oxygen atoms in total. The molecule has 0 aromatic carbocycles. The molecule has 0 radical (unpaired) electrons. The number of aliphatic carboxylic acids is 1. The minimum absolute atomic E-state index is 0.0624. The topological polar surface area (TPSA) is 92.4 Å². The first-order valence-corrected chi connectivity index (χ1v) is 7.21. The number of nitrogens with one attached hydrogen (secondary N) is 1. The first kappa shape index (κ1) is 14.3. The van der Waals surface area contributed by atoms with Crippen molar-refractivity contribution >= 4 is 11.9 Å². The summed E-state index contributed by atoms with van der Waals surface area (Å²) in [7, 11) is 0. The molecule has 2 saturated carbocycles. The van der Waals surface area contributed by atoms with Crippen molar-refractivity contribution in [2.75, 3.05) is 6.54 Å². The van der Waals surface area contributed by atoms with Gasteiger partial charge in [-0.15, -0.1) is 0 Å². The average Bonchev–Trinajstić information content (AvgIpc) is 3.23. The van der Waals surface area contributed by atoms with Gasteiger partial charge in [0.25, 0.3) is 0 Å². The third-order valence-corrected chi connectivity index (χ3v) is 4.89. The van der Waals surface area contributed by atoms with Crippen molar-refractivity contribution < 1.29 is 14.7 Å². The number of rotatable bonds is 5. The molecule has 2 fully saturated rings.